The van der Waals surface area contributed by atoms with Gasteiger partial charge in [-0.3, -0.25) is 4.79 Å². The molecule has 5 nitrogen and oxygen atoms in total. The Morgan fingerprint density at radius 3 is 2.63 bits per heavy atom. The summed E-state index contributed by atoms with van der Waals surface area (Å²) >= 11 is 0. The summed E-state index contributed by atoms with van der Waals surface area (Å²) < 4.78 is 5.57. The van der Waals surface area contributed by atoms with Crippen molar-refractivity contribution in [2.75, 3.05) is 14.1 Å². The van der Waals surface area contributed by atoms with E-state index in [9.17, 15) is 9.59 Å². The molecule has 3 rings (SSSR count). The van der Waals surface area contributed by atoms with E-state index in [1.807, 2.05) is 52.0 Å². The minimum absolute atomic E-state index is 0.0135. The molecule has 0 spiro atoms. The largest absolute Gasteiger partial charge is 0.443 e. The van der Waals surface area contributed by atoms with E-state index in [1.165, 1.54) is 16.0 Å². The number of hydrogen-bond donors (Lipinski definition) is 0. The van der Waals surface area contributed by atoms with E-state index >= 15 is 0 Å². The summed E-state index contributed by atoms with van der Waals surface area (Å²) in [6.45, 7) is 7.63. The Kier molecular flexibility index (Phi) is 5.06. The molecule has 0 aromatic heterocycles. The number of likely N-dealkylation sites (tertiary alicyclic amines) is 1. The molecule has 2 atom stereocenters. The summed E-state index contributed by atoms with van der Waals surface area (Å²) in [5, 5.41) is 0. The molecule has 1 heterocycles. The fraction of sp³-hybridized carbons (Fsp3) is 0.545. The second-order valence-electron chi connectivity index (χ2n) is 8.69. The molecule has 1 saturated heterocycles. The monoisotopic (exact) mass is 370 g/mol. The van der Waals surface area contributed by atoms with Gasteiger partial charge in [0.05, 0.1) is 6.04 Å². The summed E-state index contributed by atoms with van der Waals surface area (Å²) in [6, 6.07) is 5.99. The Hall–Kier alpha value is -2.30. The van der Waals surface area contributed by atoms with Gasteiger partial charge in [-0.2, -0.15) is 0 Å². The number of aryl methyl sites for hydroxylation is 1. The van der Waals surface area contributed by atoms with Gasteiger partial charge >= 0.3 is 6.09 Å². The van der Waals surface area contributed by atoms with Gasteiger partial charge in [-0.25, -0.2) is 9.69 Å². The first kappa shape index (κ1) is 19.5. The first-order valence-electron chi connectivity index (χ1n) is 9.69. The number of fused-ring (bicyclic) bond motifs is 3. The second kappa shape index (κ2) is 7.02. The van der Waals surface area contributed by atoms with E-state index in [4.69, 9.17) is 4.74 Å². The van der Waals surface area contributed by atoms with Gasteiger partial charge in [0.15, 0.2) is 0 Å². The fourth-order valence-electron chi connectivity index (χ4n) is 4.19. The van der Waals surface area contributed by atoms with Crippen LogP contribution >= 0.6 is 0 Å². The van der Waals surface area contributed by atoms with Crippen LogP contribution in [0.5, 0.6) is 0 Å². The molecular weight excluding hydrogens is 340 g/mol. The van der Waals surface area contributed by atoms with Crippen LogP contribution in [0.3, 0.4) is 0 Å². The number of amides is 2. The van der Waals surface area contributed by atoms with Crippen LogP contribution in [0.4, 0.5) is 4.79 Å². The molecule has 5 heteroatoms. The van der Waals surface area contributed by atoms with Gasteiger partial charge in [-0.05, 0) is 50.3 Å². The zero-order valence-electron chi connectivity index (χ0n) is 17.2. The number of carbonyl (C=O) groups excluding carboxylic acids is 2. The van der Waals surface area contributed by atoms with Gasteiger partial charge in [0.1, 0.15) is 5.60 Å². The molecule has 0 bridgehead atoms. The van der Waals surface area contributed by atoms with Crippen LogP contribution in [0.2, 0.25) is 0 Å². The SMILES string of the molecule is CCCc1cccc2c1CC1/C(=C/N(C)C)C(=O)N(C(=O)OC(C)(C)C)C21. The molecule has 0 N–H and O–H groups in total. The Balaban J connectivity index is 2.08. The molecular formula is C22H30N2O3. The van der Waals surface area contributed by atoms with Crippen LogP contribution in [0, 0.1) is 5.92 Å². The van der Waals surface area contributed by atoms with Gasteiger partial charge in [-0.1, -0.05) is 31.5 Å². The van der Waals surface area contributed by atoms with Crippen molar-refractivity contribution in [2.45, 2.75) is 58.6 Å². The molecule has 2 unspecified atom stereocenters. The molecule has 2 aliphatic rings. The summed E-state index contributed by atoms with van der Waals surface area (Å²) in [4.78, 5) is 29.3. The molecule has 1 aliphatic carbocycles. The molecule has 1 aromatic carbocycles. The number of rotatable bonds is 3. The second-order valence-corrected chi connectivity index (χ2v) is 8.69. The standard InChI is InChI=1S/C22H30N2O3/c1-7-9-14-10-8-11-15-16(14)12-17-18(13-23(5)6)20(25)24(19(15)17)21(26)27-22(2,3)4/h8,10-11,13,17,19H,7,9,12H2,1-6H3/b18-13-. The summed E-state index contributed by atoms with van der Waals surface area (Å²) in [5.74, 6) is -0.250. The van der Waals surface area contributed by atoms with Crippen LogP contribution < -0.4 is 0 Å². The highest BCUT2D eigenvalue weighted by molar-refractivity contribution is 6.06. The Morgan fingerprint density at radius 2 is 2.04 bits per heavy atom. The van der Waals surface area contributed by atoms with E-state index in [1.54, 1.807) is 0 Å². The van der Waals surface area contributed by atoms with Crippen molar-refractivity contribution < 1.29 is 14.3 Å². The fourth-order valence-corrected chi connectivity index (χ4v) is 4.19. The molecule has 0 radical (unpaired) electrons. The first-order valence-corrected chi connectivity index (χ1v) is 9.69. The van der Waals surface area contributed by atoms with E-state index in [0.717, 1.165) is 24.8 Å². The Bertz CT molecular complexity index is 789. The number of carbonyl (C=O) groups is 2. The number of nitrogens with zero attached hydrogens (tertiary/aromatic N) is 2. The predicted octanol–water partition coefficient (Wildman–Crippen LogP) is 4.08. The highest BCUT2D eigenvalue weighted by Crippen LogP contribution is 2.51. The number of imide groups is 1. The van der Waals surface area contributed by atoms with Crippen molar-refractivity contribution in [1.82, 2.24) is 9.80 Å². The van der Waals surface area contributed by atoms with Crippen molar-refractivity contribution in [3.63, 3.8) is 0 Å². The van der Waals surface area contributed by atoms with Crippen LogP contribution in [0.25, 0.3) is 0 Å². The zero-order chi connectivity index (χ0) is 19.9. The average Bonchev–Trinajstić information content (AvgIpc) is 3.02. The van der Waals surface area contributed by atoms with Crippen molar-refractivity contribution in [1.29, 1.82) is 0 Å². The molecule has 2 amide bonds. The quantitative estimate of drug-likeness (QED) is 0.753. The summed E-state index contributed by atoms with van der Waals surface area (Å²) in [7, 11) is 3.80. The third kappa shape index (κ3) is 3.60. The summed E-state index contributed by atoms with van der Waals surface area (Å²) in [5.41, 5.74) is 3.75. The Morgan fingerprint density at radius 1 is 1.33 bits per heavy atom. The third-order valence-electron chi connectivity index (χ3n) is 5.08. The minimum atomic E-state index is -0.646. The summed E-state index contributed by atoms with van der Waals surface area (Å²) in [6.07, 6.45) is 4.17. The zero-order valence-corrected chi connectivity index (χ0v) is 17.2. The first-order chi connectivity index (χ1) is 12.6. The normalized spacial score (nSPS) is 22.8. The predicted molar refractivity (Wildman–Crippen MR) is 105 cm³/mol. The molecule has 27 heavy (non-hydrogen) atoms. The molecule has 1 fully saturated rings. The average molecular weight is 370 g/mol. The maximum absolute atomic E-state index is 13.1. The molecule has 1 aliphatic heterocycles. The van der Waals surface area contributed by atoms with E-state index < -0.39 is 11.7 Å². The van der Waals surface area contributed by atoms with Gasteiger partial charge < -0.3 is 9.64 Å². The lowest BCUT2D eigenvalue weighted by Gasteiger charge is -2.27. The maximum Gasteiger partial charge on any atom is 0.417 e. The lowest BCUT2D eigenvalue weighted by molar-refractivity contribution is -0.125. The van der Waals surface area contributed by atoms with Gasteiger partial charge in [0.2, 0.25) is 0 Å². The number of benzene rings is 1. The van der Waals surface area contributed by atoms with Crippen LogP contribution in [-0.2, 0) is 22.4 Å². The van der Waals surface area contributed by atoms with Crippen LogP contribution in [-0.4, -0.2) is 41.5 Å². The lowest BCUT2D eigenvalue weighted by atomic mass is 9.96. The van der Waals surface area contributed by atoms with Crippen LogP contribution in [0.15, 0.2) is 30.0 Å². The lowest BCUT2D eigenvalue weighted by Crippen LogP contribution is -2.39. The molecule has 1 aromatic rings. The molecule has 146 valence electrons. The number of hydrogen-bond acceptors (Lipinski definition) is 4. The van der Waals surface area contributed by atoms with Gasteiger partial charge in [0.25, 0.3) is 5.91 Å². The number of ether oxygens (including phenoxy) is 1. The van der Waals surface area contributed by atoms with Crippen molar-refractivity contribution in [3.8, 4) is 0 Å². The van der Waals surface area contributed by atoms with E-state index in [0.29, 0.717) is 5.57 Å². The van der Waals surface area contributed by atoms with Crippen LogP contribution in [0.1, 0.15) is 56.8 Å². The highest BCUT2D eigenvalue weighted by atomic mass is 16.6. The van der Waals surface area contributed by atoms with Crippen molar-refractivity contribution in [3.05, 3.63) is 46.7 Å². The highest BCUT2D eigenvalue weighted by Gasteiger charge is 2.53. The van der Waals surface area contributed by atoms with Gasteiger partial charge in [0, 0.05) is 31.8 Å². The third-order valence-corrected chi connectivity index (χ3v) is 5.08. The van der Waals surface area contributed by atoms with E-state index in [-0.39, 0.29) is 17.9 Å². The van der Waals surface area contributed by atoms with Crippen molar-refractivity contribution >= 4 is 12.0 Å². The Labute approximate surface area is 162 Å². The van der Waals surface area contributed by atoms with Crippen molar-refractivity contribution in [2.24, 2.45) is 5.92 Å². The maximum atomic E-state index is 13.1. The minimum Gasteiger partial charge on any atom is -0.443 e. The topological polar surface area (TPSA) is 49.9 Å². The van der Waals surface area contributed by atoms with Gasteiger partial charge in [-0.15, -0.1) is 0 Å². The van der Waals surface area contributed by atoms with E-state index in [2.05, 4.69) is 19.1 Å². The molecule has 0 saturated carbocycles. The smallest absolute Gasteiger partial charge is 0.417 e.